The van der Waals surface area contributed by atoms with Crippen molar-refractivity contribution in [3.63, 3.8) is 0 Å². The van der Waals surface area contributed by atoms with Gasteiger partial charge < -0.3 is 27.9 Å². The summed E-state index contributed by atoms with van der Waals surface area (Å²) >= 11 is 9.88. The van der Waals surface area contributed by atoms with Crippen LogP contribution in [0.3, 0.4) is 0 Å². The standard InChI is InChI=1S/C31H31BrClN3O7/c1-5-39-26-15-21(28(32)29(33)30(26)42-18-27(37)40-6-2)16-34-35-31(38)25-14-13-24(43-25)17-41-23-11-9-22(10-12-23)36-19(3)7-8-20(36)4/h7-16H,5-6,17-18H2,1-4H3,(H,35,38)/b34-16+. The number of halogens is 2. The third kappa shape index (κ3) is 7.99. The lowest BCUT2D eigenvalue weighted by molar-refractivity contribution is -0.145. The largest absolute Gasteiger partial charge is 0.490 e. The van der Waals surface area contributed by atoms with Crippen molar-refractivity contribution in [2.24, 2.45) is 5.10 Å². The molecule has 0 aliphatic rings. The Morgan fingerprint density at radius 1 is 1.00 bits per heavy atom. The predicted molar refractivity (Wildman–Crippen MR) is 166 cm³/mol. The highest BCUT2D eigenvalue weighted by atomic mass is 79.9. The number of benzene rings is 2. The van der Waals surface area contributed by atoms with Crippen LogP contribution < -0.4 is 19.6 Å². The zero-order chi connectivity index (χ0) is 30.9. The molecule has 0 aliphatic heterocycles. The van der Waals surface area contributed by atoms with Gasteiger partial charge in [0.1, 0.15) is 23.1 Å². The minimum atomic E-state index is -0.550. The van der Waals surface area contributed by atoms with Gasteiger partial charge in [-0.25, -0.2) is 10.2 Å². The topological polar surface area (TPSA) is 114 Å². The number of carbonyl (C=O) groups excluding carboxylic acids is 2. The third-order valence-electron chi connectivity index (χ3n) is 6.10. The van der Waals surface area contributed by atoms with Gasteiger partial charge in [-0.05, 0) is 98.2 Å². The van der Waals surface area contributed by atoms with Crippen LogP contribution in [-0.4, -0.2) is 42.5 Å². The lowest BCUT2D eigenvalue weighted by Gasteiger charge is -2.15. The number of aromatic nitrogens is 1. The van der Waals surface area contributed by atoms with Gasteiger partial charge in [0.25, 0.3) is 0 Å². The highest BCUT2D eigenvalue weighted by Crippen LogP contribution is 2.42. The first-order valence-corrected chi connectivity index (χ1v) is 14.6. The number of rotatable bonds is 13. The van der Waals surface area contributed by atoms with E-state index in [1.807, 2.05) is 24.3 Å². The summed E-state index contributed by atoms with van der Waals surface area (Å²) in [5.74, 6) is 0.608. The normalized spacial score (nSPS) is 11.0. The molecule has 12 heteroatoms. The Hall–Kier alpha value is -4.22. The Labute approximate surface area is 262 Å². The van der Waals surface area contributed by atoms with Gasteiger partial charge >= 0.3 is 11.9 Å². The van der Waals surface area contributed by atoms with Crippen molar-refractivity contribution < 1.29 is 33.0 Å². The fraction of sp³-hybridized carbons (Fsp3) is 0.258. The summed E-state index contributed by atoms with van der Waals surface area (Å²) in [6.45, 7) is 7.99. The highest BCUT2D eigenvalue weighted by Gasteiger charge is 2.19. The molecule has 10 nitrogen and oxygen atoms in total. The first kappa shape index (κ1) is 31.7. The van der Waals surface area contributed by atoms with Crippen molar-refractivity contribution in [2.75, 3.05) is 19.8 Å². The van der Waals surface area contributed by atoms with Crippen LogP contribution in [0.2, 0.25) is 5.02 Å². The van der Waals surface area contributed by atoms with Gasteiger partial charge in [0.05, 0.1) is 19.4 Å². The molecule has 1 amide bonds. The van der Waals surface area contributed by atoms with Crippen LogP contribution in [0.4, 0.5) is 0 Å². The van der Waals surface area contributed by atoms with Crippen LogP contribution in [0, 0.1) is 13.8 Å². The SMILES string of the molecule is CCOC(=O)COc1c(OCC)cc(/C=N/NC(=O)c2ccc(COc3ccc(-n4c(C)ccc4C)cc3)o2)c(Br)c1Cl. The molecule has 0 unspecified atom stereocenters. The van der Waals surface area contributed by atoms with E-state index in [0.717, 1.165) is 17.1 Å². The van der Waals surface area contributed by atoms with Crippen LogP contribution in [0.1, 0.15) is 47.1 Å². The van der Waals surface area contributed by atoms with E-state index in [9.17, 15) is 9.59 Å². The highest BCUT2D eigenvalue weighted by molar-refractivity contribution is 9.10. The van der Waals surface area contributed by atoms with E-state index >= 15 is 0 Å². The number of aryl methyl sites for hydroxylation is 2. The van der Waals surface area contributed by atoms with Crippen molar-refractivity contribution in [1.82, 2.24) is 9.99 Å². The van der Waals surface area contributed by atoms with Crippen LogP contribution in [0.25, 0.3) is 5.69 Å². The number of furan rings is 1. The Bertz CT molecular complexity index is 1590. The van der Waals surface area contributed by atoms with E-state index in [4.69, 9.17) is 35.0 Å². The van der Waals surface area contributed by atoms with E-state index in [1.54, 1.807) is 32.0 Å². The van der Waals surface area contributed by atoms with Gasteiger partial charge in [-0.3, -0.25) is 4.79 Å². The molecule has 4 rings (SSSR count). The monoisotopic (exact) mass is 671 g/mol. The fourth-order valence-corrected chi connectivity index (χ4v) is 4.80. The average molecular weight is 673 g/mol. The number of nitrogens with one attached hydrogen (secondary N) is 1. The van der Waals surface area contributed by atoms with Gasteiger partial charge in [-0.15, -0.1) is 0 Å². The summed E-state index contributed by atoms with van der Waals surface area (Å²) < 4.78 is 30.1. The summed E-state index contributed by atoms with van der Waals surface area (Å²) in [6.07, 6.45) is 1.39. The molecule has 0 saturated heterocycles. The smallest absolute Gasteiger partial charge is 0.344 e. The molecule has 2 aromatic carbocycles. The summed E-state index contributed by atoms with van der Waals surface area (Å²) in [6, 6.07) is 16.7. The number of nitrogens with zero attached hydrogens (tertiary/aromatic N) is 2. The summed E-state index contributed by atoms with van der Waals surface area (Å²) in [4.78, 5) is 24.3. The van der Waals surface area contributed by atoms with Crippen LogP contribution in [0.15, 0.2) is 68.6 Å². The predicted octanol–water partition coefficient (Wildman–Crippen LogP) is 6.79. The van der Waals surface area contributed by atoms with Crippen LogP contribution in [-0.2, 0) is 16.1 Å². The van der Waals surface area contributed by atoms with Gasteiger partial charge in [-0.2, -0.15) is 5.10 Å². The van der Waals surface area contributed by atoms with E-state index < -0.39 is 11.9 Å². The molecule has 43 heavy (non-hydrogen) atoms. The summed E-state index contributed by atoms with van der Waals surface area (Å²) in [5, 5.41) is 4.19. The Balaban J connectivity index is 1.35. The van der Waals surface area contributed by atoms with E-state index in [1.165, 1.54) is 6.21 Å². The minimum Gasteiger partial charge on any atom is -0.490 e. The second kappa shape index (κ2) is 14.8. The molecule has 0 spiro atoms. The van der Waals surface area contributed by atoms with E-state index in [0.29, 0.717) is 33.9 Å². The fourth-order valence-electron chi connectivity index (χ4n) is 4.14. The lowest BCUT2D eigenvalue weighted by Crippen LogP contribution is -2.17. The minimum absolute atomic E-state index is 0.0690. The van der Waals surface area contributed by atoms with Crippen LogP contribution in [0.5, 0.6) is 17.2 Å². The average Bonchev–Trinajstić information content (AvgIpc) is 3.60. The Kier molecular flexibility index (Phi) is 10.9. The van der Waals surface area contributed by atoms with Crippen LogP contribution >= 0.6 is 27.5 Å². The first-order chi connectivity index (χ1) is 20.7. The molecular weight excluding hydrogens is 642 g/mol. The second-order valence-electron chi connectivity index (χ2n) is 9.15. The third-order valence-corrected chi connectivity index (χ3v) is 7.54. The molecule has 0 fully saturated rings. The zero-order valence-electron chi connectivity index (χ0n) is 24.1. The molecule has 0 saturated carbocycles. The number of hydrazone groups is 1. The molecule has 0 bridgehead atoms. The molecule has 4 aromatic rings. The number of hydrogen-bond donors (Lipinski definition) is 1. The molecule has 1 N–H and O–H groups in total. The maximum Gasteiger partial charge on any atom is 0.344 e. The summed E-state index contributed by atoms with van der Waals surface area (Å²) in [5.41, 5.74) is 6.28. The van der Waals surface area contributed by atoms with Gasteiger partial charge in [0.15, 0.2) is 23.9 Å². The molecule has 0 aliphatic carbocycles. The van der Waals surface area contributed by atoms with Crippen molar-refractivity contribution in [3.05, 3.63) is 92.6 Å². The number of ether oxygens (including phenoxy) is 4. The maximum absolute atomic E-state index is 12.6. The molecule has 2 heterocycles. The molecule has 0 radical (unpaired) electrons. The zero-order valence-corrected chi connectivity index (χ0v) is 26.5. The quantitative estimate of drug-likeness (QED) is 0.0946. The lowest BCUT2D eigenvalue weighted by atomic mass is 10.2. The molecule has 2 aromatic heterocycles. The molecular formula is C31H31BrClN3O7. The van der Waals surface area contributed by atoms with Gasteiger partial charge in [0.2, 0.25) is 0 Å². The van der Waals surface area contributed by atoms with Gasteiger partial charge in [-0.1, -0.05) is 11.6 Å². The Morgan fingerprint density at radius 2 is 1.72 bits per heavy atom. The molecule has 0 atom stereocenters. The van der Waals surface area contributed by atoms with Gasteiger partial charge in [0, 0.05) is 27.1 Å². The summed E-state index contributed by atoms with van der Waals surface area (Å²) in [7, 11) is 0. The second-order valence-corrected chi connectivity index (χ2v) is 10.3. The van der Waals surface area contributed by atoms with Crippen molar-refractivity contribution in [1.29, 1.82) is 0 Å². The number of carbonyl (C=O) groups is 2. The first-order valence-electron chi connectivity index (χ1n) is 13.4. The number of esters is 1. The molecule has 226 valence electrons. The van der Waals surface area contributed by atoms with E-state index in [-0.39, 0.29) is 36.4 Å². The maximum atomic E-state index is 12.6. The number of amides is 1. The van der Waals surface area contributed by atoms with Crippen molar-refractivity contribution in [3.8, 4) is 22.9 Å². The van der Waals surface area contributed by atoms with Crippen molar-refractivity contribution >= 4 is 45.6 Å². The van der Waals surface area contributed by atoms with Crippen molar-refractivity contribution in [2.45, 2.75) is 34.3 Å². The van der Waals surface area contributed by atoms with E-state index in [2.05, 4.69) is 57.0 Å². The Morgan fingerprint density at radius 3 is 2.40 bits per heavy atom. The number of hydrogen-bond acceptors (Lipinski definition) is 8.